The first-order valence-corrected chi connectivity index (χ1v) is 6.03. The van der Waals surface area contributed by atoms with Gasteiger partial charge in [-0.25, -0.2) is 4.79 Å². The number of rotatable bonds is 5. The predicted molar refractivity (Wildman–Crippen MR) is 75.4 cm³/mol. The smallest absolute Gasteiger partial charge is 0.335 e. The summed E-state index contributed by atoms with van der Waals surface area (Å²) in [5, 5.41) is 21.6. The van der Waals surface area contributed by atoms with E-state index in [1.165, 1.54) is 7.11 Å². The van der Waals surface area contributed by atoms with E-state index >= 15 is 0 Å². The van der Waals surface area contributed by atoms with Crippen molar-refractivity contribution < 1.29 is 19.7 Å². The minimum atomic E-state index is -0.940. The summed E-state index contributed by atoms with van der Waals surface area (Å²) in [6.45, 7) is 0.533. The maximum Gasteiger partial charge on any atom is 0.335 e. The largest absolute Gasteiger partial charge is 0.504 e. The highest BCUT2D eigenvalue weighted by Crippen LogP contribution is 2.28. The van der Waals surface area contributed by atoms with Crippen molar-refractivity contribution in [3.05, 3.63) is 53.6 Å². The van der Waals surface area contributed by atoms with E-state index in [-0.39, 0.29) is 11.3 Å². The number of carboxylic acids is 1. The second-order valence-electron chi connectivity index (χ2n) is 4.24. The van der Waals surface area contributed by atoms with Crippen LogP contribution >= 0.6 is 0 Å². The number of methoxy groups -OCH3 is 1. The number of carbonyl (C=O) groups is 1. The molecule has 2 aromatic rings. The Morgan fingerprint density at radius 1 is 1.20 bits per heavy atom. The Balaban J connectivity index is 2.01. The third kappa shape index (κ3) is 3.20. The summed E-state index contributed by atoms with van der Waals surface area (Å²) in [5.41, 5.74) is 1.96. The van der Waals surface area contributed by atoms with Gasteiger partial charge < -0.3 is 20.3 Å². The van der Waals surface area contributed by atoms with Gasteiger partial charge in [-0.2, -0.15) is 0 Å². The van der Waals surface area contributed by atoms with Crippen LogP contribution in [0, 0.1) is 0 Å². The van der Waals surface area contributed by atoms with E-state index in [4.69, 9.17) is 9.84 Å². The number of aromatic hydroxyl groups is 1. The molecular weight excluding hydrogens is 258 g/mol. The van der Waals surface area contributed by atoms with Crippen LogP contribution in [-0.4, -0.2) is 23.3 Å². The average molecular weight is 273 g/mol. The normalized spacial score (nSPS) is 10.1. The molecule has 0 fully saturated rings. The van der Waals surface area contributed by atoms with Gasteiger partial charge in [0.2, 0.25) is 0 Å². The van der Waals surface area contributed by atoms with Crippen molar-refractivity contribution in [2.75, 3.05) is 12.4 Å². The SMILES string of the molecule is COc1ccc(NCc2ccc(C(=O)O)cc2)cc1O. The first kappa shape index (κ1) is 13.7. The fourth-order valence-electron chi connectivity index (χ4n) is 1.77. The molecule has 0 atom stereocenters. The molecule has 0 amide bonds. The lowest BCUT2D eigenvalue weighted by Gasteiger charge is -2.09. The van der Waals surface area contributed by atoms with Crippen LogP contribution in [0.2, 0.25) is 0 Å². The zero-order valence-electron chi connectivity index (χ0n) is 11.0. The third-order valence-corrected chi connectivity index (χ3v) is 2.88. The molecule has 20 heavy (non-hydrogen) atoms. The quantitative estimate of drug-likeness (QED) is 0.780. The number of aromatic carboxylic acids is 1. The fraction of sp³-hybridized carbons (Fsp3) is 0.133. The van der Waals surface area contributed by atoms with Gasteiger partial charge >= 0.3 is 5.97 Å². The number of benzene rings is 2. The maximum atomic E-state index is 10.7. The molecule has 0 aromatic heterocycles. The van der Waals surface area contributed by atoms with Crippen molar-refractivity contribution in [3.63, 3.8) is 0 Å². The summed E-state index contributed by atoms with van der Waals surface area (Å²) in [5.74, 6) is -0.454. The van der Waals surface area contributed by atoms with E-state index in [9.17, 15) is 9.90 Å². The highest BCUT2D eigenvalue weighted by atomic mass is 16.5. The number of carboxylic acid groups (broad SMARTS) is 1. The summed E-state index contributed by atoms with van der Waals surface area (Å²) in [6.07, 6.45) is 0. The van der Waals surface area contributed by atoms with Crippen LogP contribution in [-0.2, 0) is 6.54 Å². The highest BCUT2D eigenvalue weighted by Gasteiger charge is 2.03. The Morgan fingerprint density at radius 2 is 1.90 bits per heavy atom. The molecule has 0 aliphatic heterocycles. The van der Waals surface area contributed by atoms with E-state index in [2.05, 4.69) is 5.32 Å². The van der Waals surface area contributed by atoms with Gasteiger partial charge in [0.05, 0.1) is 12.7 Å². The molecule has 0 aliphatic rings. The highest BCUT2D eigenvalue weighted by molar-refractivity contribution is 5.87. The molecule has 104 valence electrons. The van der Waals surface area contributed by atoms with Gasteiger partial charge in [-0.3, -0.25) is 0 Å². The van der Waals surface area contributed by atoms with E-state index in [0.717, 1.165) is 11.3 Å². The van der Waals surface area contributed by atoms with Crippen molar-refractivity contribution >= 4 is 11.7 Å². The topological polar surface area (TPSA) is 78.8 Å². The zero-order chi connectivity index (χ0) is 14.5. The summed E-state index contributed by atoms with van der Waals surface area (Å²) in [4.78, 5) is 10.7. The Kier molecular flexibility index (Phi) is 4.10. The summed E-state index contributed by atoms with van der Waals surface area (Å²) < 4.78 is 4.96. The standard InChI is InChI=1S/C15H15NO4/c1-20-14-7-6-12(8-13(14)17)16-9-10-2-4-11(5-3-10)15(18)19/h2-8,16-17H,9H2,1H3,(H,18,19). The lowest BCUT2D eigenvalue weighted by molar-refractivity contribution is 0.0697. The van der Waals surface area contributed by atoms with Crippen molar-refractivity contribution in [1.29, 1.82) is 0 Å². The molecule has 0 spiro atoms. The van der Waals surface area contributed by atoms with Gasteiger partial charge in [0, 0.05) is 18.3 Å². The number of hydrogen-bond acceptors (Lipinski definition) is 4. The first-order chi connectivity index (χ1) is 9.60. The third-order valence-electron chi connectivity index (χ3n) is 2.88. The van der Waals surface area contributed by atoms with Crippen molar-refractivity contribution in [2.24, 2.45) is 0 Å². The number of phenols is 1. The molecule has 0 radical (unpaired) electrons. The van der Waals surface area contributed by atoms with Gasteiger partial charge in [-0.15, -0.1) is 0 Å². The number of ether oxygens (including phenoxy) is 1. The van der Waals surface area contributed by atoms with Crippen LogP contribution in [0.15, 0.2) is 42.5 Å². The molecule has 0 saturated carbocycles. The van der Waals surface area contributed by atoms with Crippen LogP contribution < -0.4 is 10.1 Å². The van der Waals surface area contributed by atoms with Gasteiger partial charge in [-0.1, -0.05) is 12.1 Å². The lowest BCUT2D eigenvalue weighted by Crippen LogP contribution is -2.01. The fourth-order valence-corrected chi connectivity index (χ4v) is 1.77. The van der Waals surface area contributed by atoms with E-state index in [1.807, 2.05) is 0 Å². The maximum absolute atomic E-state index is 10.7. The summed E-state index contributed by atoms with van der Waals surface area (Å²) >= 11 is 0. The van der Waals surface area contributed by atoms with E-state index in [1.54, 1.807) is 42.5 Å². The second kappa shape index (κ2) is 5.97. The molecule has 2 aromatic carbocycles. The minimum Gasteiger partial charge on any atom is -0.504 e. The first-order valence-electron chi connectivity index (χ1n) is 6.03. The number of nitrogens with one attached hydrogen (secondary N) is 1. The molecule has 2 rings (SSSR count). The van der Waals surface area contributed by atoms with Gasteiger partial charge in [0.15, 0.2) is 11.5 Å². The molecular formula is C15H15NO4. The molecule has 3 N–H and O–H groups in total. The monoisotopic (exact) mass is 273 g/mol. The predicted octanol–water partition coefficient (Wildman–Crippen LogP) is 2.71. The molecule has 0 heterocycles. The van der Waals surface area contributed by atoms with E-state index in [0.29, 0.717) is 12.3 Å². The van der Waals surface area contributed by atoms with Crippen LogP contribution in [0.5, 0.6) is 11.5 Å². The average Bonchev–Trinajstić information content (AvgIpc) is 2.45. The Hall–Kier alpha value is -2.69. The van der Waals surface area contributed by atoms with Crippen LogP contribution in [0.25, 0.3) is 0 Å². The van der Waals surface area contributed by atoms with Gasteiger partial charge in [0.1, 0.15) is 0 Å². The summed E-state index contributed by atoms with van der Waals surface area (Å²) in [6, 6.07) is 11.7. The van der Waals surface area contributed by atoms with Crippen LogP contribution in [0.4, 0.5) is 5.69 Å². The molecule has 0 bridgehead atoms. The second-order valence-corrected chi connectivity index (χ2v) is 4.24. The lowest BCUT2D eigenvalue weighted by atomic mass is 10.1. The molecule has 0 unspecified atom stereocenters. The van der Waals surface area contributed by atoms with Crippen molar-refractivity contribution in [2.45, 2.75) is 6.54 Å². The Morgan fingerprint density at radius 3 is 2.45 bits per heavy atom. The molecule has 0 saturated heterocycles. The Labute approximate surface area is 116 Å². The number of phenolic OH excluding ortho intramolecular Hbond substituents is 1. The van der Waals surface area contributed by atoms with Gasteiger partial charge in [0.25, 0.3) is 0 Å². The Bertz CT molecular complexity index is 608. The van der Waals surface area contributed by atoms with Crippen molar-refractivity contribution in [3.8, 4) is 11.5 Å². The van der Waals surface area contributed by atoms with Crippen LogP contribution in [0.1, 0.15) is 15.9 Å². The molecule has 5 nitrogen and oxygen atoms in total. The van der Waals surface area contributed by atoms with Crippen molar-refractivity contribution in [1.82, 2.24) is 0 Å². The zero-order valence-corrected chi connectivity index (χ0v) is 11.0. The number of anilines is 1. The molecule has 5 heteroatoms. The van der Waals surface area contributed by atoms with Crippen LogP contribution in [0.3, 0.4) is 0 Å². The number of hydrogen-bond donors (Lipinski definition) is 3. The van der Waals surface area contributed by atoms with Gasteiger partial charge in [-0.05, 0) is 29.8 Å². The molecule has 0 aliphatic carbocycles. The minimum absolute atomic E-state index is 0.0683. The van der Waals surface area contributed by atoms with E-state index < -0.39 is 5.97 Å². The summed E-state index contributed by atoms with van der Waals surface area (Å²) in [7, 11) is 1.49.